The predicted molar refractivity (Wildman–Crippen MR) is 103 cm³/mol. The molecule has 0 fully saturated rings. The van der Waals surface area contributed by atoms with Crippen molar-refractivity contribution in [3.8, 4) is 11.5 Å². The lowest BCUT2D eigenvalue weighted by Gasteiger charge is -2.26. The summed E-state index contributed by atoms with van der Waals surface area (Å²) < 4.78 is 11.8. The standard InChI is InChI=1S/C20H27O5P/c1-3-18(26(23,24)25)12-17(16-9-10-19(21)20(22)13-16)11-14(2)15-7-5-4-6-8-15/h4-10,13-14,17-18,21-22H,3,11-12H2,1-2H3,(H2,23,24,25). The highest BCUT2D eigenvalue weighted by molar-refractivity contribution is 7.52. The highest BCUT2D eigenvalue weighted by atomic mass is 31.2. The summed E-state index contributed by atoms with van der Waals surface area (Å²) in [5, 5.41) is 19.4. The number of hydrogen-bond acceptors (Lipinski definition) is 3. The number of rotatable bonds is 8. The van der Waals surface area contributed by atoms with Gasteiger partial charge in [0.2, 0.25) is 0 Å². The first kappa shape index (κ1) is 20.5. The van der Waals surface area contributed by atoms with E-state index in [1.54, 1.807) is 13.0 Å². The maximum absolute atomic E-state index is 11.8. The van der Waals surface area contributed by atoms with Gasteiger partial charge in [-0.3, -0.25) is 4.57 Å². The summed E-state index contributed by atoms with van der Waals surface area (Å²) in [6.45, 7) is 3.86. The van der Waals surface area contributed by atoms with Gasteiger partial charge < -0.3 is 20.0 Å². The fraction of sp³-hybridized carbons (Fsp3) is 0.400. The number of aromatic hydroxyl groups is 2. The van der Waals surface area contributed by atoms with E-state index in [0.29, 0.717) is 19.3 Å². The summed E-state index contributed by atoms with van der Waals surface area (Å²) >= 11 is 0. The van der Waals surface area contributed by atoms with Crippen molar-refractivity contribution < 1.29 is 24.6 Å². The van der Waals surface area contributed by atoms with Gasteiger partial charge in [-0.25, -0.2) is 0 Å². The van der Waals surface area contributed by atoms with Crippen molar-refractivity contribution in [3.05, 3.63) is 59.7 Å². The Morgan fingerprint density at radius 3 is 2.12 bits per heavy atom. The van der Waals surface area contributed by atoms with Crippen LogP contribution in [0, 0.1) is 0 Å². The minimum absolute atomic E-state index is 0.144. The molecule has 0 aliphatic heterocycles. The summed E-state index contributed by atoms with van der Waals surface area (Å²) in [6, 6.07) is 14.6. The Bertz CT molecular complexity index is 756. The zero-order valence-corrected chi connectivity index (χ0v) is 16.0. The molecule has 0 aliphatic rings. The molecule has 2 aromatic carbocycles. The lowest BCUT2D eigenvalue weighted by atomic mass is 9.83. The zero-order valence-electron chi connectivity index (χ0n) is 15.1. The van der Waals surface area contributed by atoms with Crippen molar-refractivity contribution in [2.75, 3.05) is 0 Å². The number of benzene rings is 2. The second-order valence-electron chi connectivity index (χ2n) is 6.88. The van der Waals surface area contributed by atoms with Gasteiger partial charge in [0, 0.05) is 0 Å². The minimum atomic E-state index is -4.20. The van der Waals surface area contributed by atoms with Crippen LogP contribution in [-0.2, 0) is 4.57 Å². The van der Waals surface area contributed by atoms with E-state index in [1.807, 2.05) is 30.3 Å². The Morgan fingerprint density at radius 1 is 0.923 bits per heavy atom. The van der Waals surface area contributed by atoms with Crippen LogP contribution in [0.2, 0.25) is 0 Å². The van der Waals surface area contributed by atoms with Gasteiger partial charge in [0.05, 0.1) is 5.66 Å². The molecule has 0 amide bonds. The van der Waals surface area contributed by atoms with E-state index >= 15 is 0 Å². The Balaban J connectivity index is 2.31. The van der Waals surface area contributed by atoms with Crippen LogP contribution in [-0.4, -0.2) is 25.7 Å². The third-order valence-electron chi connectivity index (χ3n) is 4.98. The lowest BCUT2D eigenvalue weighted by molar-refractivity contribution is 0.344. The van der Waals surface area contributed by atoms with Crippen LogP contribution < -0.4 is 0 Å². The maximum Gasteiger partial charge on any atom is 0.328 e. The monoisotopic (exact) mass is 378 g/mol. The smallest absolute Gasteiger partial charge is 0.328 e. The maximum atomic E-state index is 11.8. The Labute approximate surface area is 154 Å². The van der Waals surface area contributed by atoms with Gasteiger partial charge >= 0.3 is 7.60 Å². The molecule has 0 saturated carbocycles. The van der Waals surface area contributed by atoms with E-state index in [9.17, 15) is 24.6 Å². The fourth-order valence-corrected chi connectivity index (χ4v) is 4.38. The number of phenolic OH excluding ortho intramolecular Hbond substituents is 2. The van der Waals surface area contributed by atoms with E-state index in [4.69, 9.17) is 0 Å². The van der Waals surface area contributed by atoms with Crippen LogP contribution in [0.4, 0.5) is 0 Å². The van der Waals surface area contributed by atoms with E-state index in [1.165, 1.54) is 12.1 Å². The van der Waals surface area contributed by atoms with Crippen LogP contribution in [0.1, 0.15) is 56.1 Å². The first-order valence-electron chi connectivity index (χ1n) is 8.84. The minimum Gasteiger partial charge on any atom is -0.504 e. The van der Waals surface area contributed by atoms with Gasteiger partial charge in [-0.15, -0.1) is 0 Å². The topological polar surface area (TPSA) is 98.0 Å². The zero-order chi connectivity index (χ0) is 19.3. The first-order chi connectivity index (χ1) is 12.2. The predicted octanol–water partition coefficient (Wildman–Crippen LogP) is 4.72. The molecule has 2 rings (SSSR count). The Hall–Kier alpha value is -1.81. The molecule has 0 heterocycles. The third-order valence-corrected chi connectivity index (χ3v) is 6.51. The third kappa shape index (κ3) is 5.34. The van der Waals surface area contributed by atoms with E-state index in [2.05, 4.69) is 6.92 Å². The molecule has 3 atom stereocenters. The molecular weight excluding hydrogens is 351 g/mol. The van der Waals surface area contributed by atoms with Gasteiger partial charge in [0.15, 0.2) is 11.5 Å². The normalized spacial score (nSPS) is 15.4. The first-order valence-corrected chi connectivity index (χ1v) is 10.5. The van der Waals surface area contributed by atoms with Gasteiger partial charge in [-0.05, 0) is 54.4 Å². The molecular formula is C20H27O5P. The molecule has 0 spiro atoms. The molecule has 2 aromatic rings. The summed E-state index contributed by atoms with van der Waals surface area (Å²) in [7, 11) is -4.20. The second kappa shape index (κ2) is 8.72. The van der Waals surface area contributed by atoms with Crippen molar-refractivity contribution in [1.29, 1.82) is 0 Å². The number of phenols is 2. The lowest BCUT2D eigenvalue weighted by Crippen LogP contribution is -2.15. The second-order valence-corrected chi connectivity index (χ2v) is 8.79. The van der Waals surface area contributed by atoms with Crippen molar-refractivity contribution in [2.45, 2.75) is 50.6 Å². The van der Waals surface area contributed by atoms with E-state index < -0.39 is 13.3 Å². The molecule has 0 aromatic heterocycles. The highest BCUT2D eigenvalue weighted by Gasteiger charge is 2.31. The van der Waals surface area contributed by atoms with Gasteiger partial charge in [-0.2, -0.15) is 0 Å². The molecule has 5 nitrogen and oxygen atoms in total. The highest BCUT2D eigenvalue weighted by Crippen LogP contribution is 2.49. The van der Waals surface area contributed by atoms with E-state index in [0.717, 1.165) is 11.1 Å². The molecule has 6 heteroatoms. The quantitative estimate of drug-likeness (QED) is 0.393. The van der Waals surface area contributed by atoms with Crippen LogP contribution in [0.3, 0.4) is 0 Å². The van der Waals surface area contributed by atoms with Crippen molar-refractivity contribution in [3.63, 3.8) is 0 Å². The van der Waals surface area contributed by atoms with Crippen LogP contribution >= 0.6 is 7.60 Å². The molecule has 3 unspecified atom stereocenters. The van der Waals surface area contributed by atoms with Gasteiger partial charge in [0.25, 0.3) is 0 Å². The molecule has 4 N–H and O–H groups in total. The molecule has 26 heavy (non-hydrogen) atoms. The average Bonchev–Trinajstić information content (AvgIpc) is 2.60. The molecule has 0 saturated heterocycles. The Kier molecular flexibility index (Phi) is 6.87. The summed E-state index contributed by atoms with van der Waals surface area (Å²) in [5.74, 6) is -0.379. The fourth-order valence-electron chi connectivity index (χ4n) is 3.38. The summed E-state index contributed by atoms with van der Waals surface area (Å²) in [4.78, 5) is 19.3. The van der Waals surface area contributed by atoms with E-state index in [-0.39, 0.29) is 23.3 Å². The average molecular weight is 378 g/mol. The SMILES string of the molecule is CCC(CC(CC(C)c1ccccc1)c1ccc(O)c(O)c1)P(=O)(O)O. The van der Waals surface area contributed by atoms with Crippen molar-refractivity contribution in [2.24, 2.45) is 0 Å². The molecule has 0 bridgehead atoms. The molecule has 0 aliphatic carbocycles. The van der Waals surface area contributed by atoms with Crippen molar-refractivity contribution >= 4 is 7.60 Å². The van der Waals surface area contributed by atoms with Gasteiger partial charge in [-0.1, -0.05) is 50.2 Å². The Morgan fingerprint density at radius 2 is 1.58 bits per heavy atom. The molecule has 142 valence electrons. The largest absolute Gasteiger partial charge is 0.504 e. The summed E-state index contributed by atoms with van der Waals surface area (Å²) in [5.41, 5.74) is 1.20. The van der Waals surface area contributed by atoms with Crippen LogP contribution in [0.25, 0.3) is 0 Å². The molecule has 0 radical (unpaired) electrons. The number of hydrogen-bond donors (Lipinski definition) is 4. The van der Waals surface area contributed by atoms with Crippen molar-refractivity contribution in [1.82, 2.24) is 0 Å². The van der Waals surface area contributed by atoms with Gasteiger partial charge in [0.1, 0.15) is 0 Å². The van der Waals surface area contributed by atoms with Crippen LogP contribution in [0.5, 0.6) is 11.5 Å². The summed E-state index contributed by atoms with van der Waals surface area (Å²) in [6.07, 6.45) is 1.39. The van der Waals surface area contributed by atoms with Crippen LogP contribution in [0.15, 0.2) is 48.5 Å².